The van der Waals surface area contributed by atoms with Gasteiger partial charge in [-0.3, -0.25) is 4.98 Å². The number of aryl methyl sites for hydroxylation is 2. The summed E-state index contributed by atoms with van der Waals surface area (Å²) in [6.07, 6.45) is 5.57. The van der Waals surface area contributed by atoms with E-state index in [9.17, 15) is 0 Å². The lowest BCUT2D eigenvalue weighted by Gasteiger charge is -2.00. The van der Waals surface area contributed by atoms with Crippen LogP contribution in [0.2, 0.25) is 0 Å². The molecular weight excluding hydrogens is 290 g/mol. The van der Waals surface area contributed by atoms with Gasteiger partial charge in [-0.15, -0.1) is 0 Å². The van der Waals surface area contributed by atoms with Gasteiger partial charge in [-0.05, 0) is 19.9 Å². The lowest BCUT2D eigenvalue weighted by Crippen LogP contribution is -2.40. The van der Waals surface area contributed by atoms with E-state index in [1.807, 2.05) is 44.0 Å². The molecule has 0 spiro atoms. The molecule has 0 amide bonds. The monoisotopic (exact) mass is 311 g/mol. The zero-order chi connectivity index (χ0) is 16.4. The summed E-state index contributed by atoms with van der Waals surface area (Å²) in [7, 11) is 0. The molecule has 0 fully saturated rings. The van der Waals surface area contributed by atoms with Crippen molar-refractivity contribution < 1.29 is 13.9 Å². The molecule has 0 N–H and O–H groups in total. The van der Waals surface area contributed by atoms with E-state index >= 15 is 0 Å². The van der Waals surface area contributed by atoms with Crippen molar-refractivity contribution in [3.63, 3.8) is 0 Å². The molecule has 3 heterocycles. The third kappa shape index (κ3) is 3.11. The molecule has 0 bridgehead atoms. The Bertz CT molecular complexity index is 841. The average Bonchev–Trinajstić information content (AvgIpc) is 2.87. The number of nitrogens with zero attached hydrogens (tertiary/aromatic N) is 5. The molecule has 0 aliphatic rings. The number of rotatable bonds is 4. The first kappa shape index (κ1) is 15.3. The molecule has 0 radical (unpaired) electrons. The van der Waals surface area contributed by atoms with Crippen molar-refractivity contribution in [2.24, 2.45) is 0 Å². The van der Waals surface area contributed by atoms with Crippen LogP contribution in [0, 0.1) is 27.7 Å². The van der Waals surface area contributed by atoms with Gasteiger partial charge in [0.05, 0.1) is 6.20 Å². The van der Waals surface area contributed by atoms with E-state index in [1.54, 1.807) is 6.20 Å². The molecule has 3 aromatic heterocycles. The summed E-state index contributed by atoms with van der Waals surface area (Å²) in [6, 6.07) is 4.00. The van der Waals surface area contributed by atoms with Crippen molar-refractivity contribution in [2.45, 2.75) is 40.8 Å². The summed E-state index contributed by atoms with van der Waals surface area (Å²) in [6.45, 7) is 9.40. The lowest BCUT2D eigenvalue weighted by atomic mass is 10.2. The van der Waals surface area contributed by atoms with Gasteiger partial charge >= 0.3 is 5.69 Å². The fourth-order valence-corrected chi connectivity index (χ4v) is 2.47. The molecule has 118 valence electrons. The molecule has 0 saturated heterocycles. The molecule has 23 heavy (non-hydrogen) atoms. The minimum Gasteiger partial charge on any atom is -0.261 e. The van der Waals surface area contributed by atoms with Crippen LogP contribution in [0.4, 0.5) is 0 Å². The van der Waals surface area contributed by atoms with Gasteiger partial charge < -0.3 is 0 Å². The van der Waals surface area contributed by atoms with Gasteiger partial charge in [0.2, 0.25) is 6.54 Å². The standard InChI is InChI=1S/C17H21N5O/c1-12-14(3)21(9-8-19-12)11-17-15(4)22(23-20-17)10-16-6-5-7-18-13(16)2/h5-9H,10-11H2,1-4H3/q+2. The van der Waals surface area contributed by atoms with Crippen molar-refractivity contribution in [3.05, 3.63) is 64.8 Å². The third-order valence-electron chi connectivity index (χ3n) is 4.26. The van der Waals surface area contributed by atoms with Crippen molar-refractivity contribution >= 4 is 0 Å². The number of aromatic nitrogens is 5. The highest BCUT2D eigenvalue weighted by Gasteiger charge is 2.25. The molecule has 0 aliphatic heterocycles. The normalized spacial score (nSPS) is 11.0. The highest BCUT2D eigenvalue weighted by Crippen LogP contribution is 2.06. The van der Waals surface area contributed by atoms with E-state index in [0.717, 1.165) is 34.0 Å². The Hall–Kier alpha value is -2.63. The van der Waals surface area contributed by atoms with Crippen molar-refractivity contribution in [1.82, 2.24) is 15.1 Å². The zero-order valence-electron chi connectivity index (χ0n) is 13.9. The molecule has 3 rings (SSSR count). The first-order valence-corrected chi connectivity index (χ1v) is 7.64. The Morgan fingerprint density at radius 2 is 1.74 bits per heavy atom. The van der Waals surface area contributed by atoms with Gasteiger partial charge in [-0.1, -0.05) is 15.4 Å². The molecule has 0 aliphatic carbocycles. The maximum Gasteiger partial charge on any atom is 0.310 e. The van der Waals surface area contributed by atoms with E-state index in [0.29, 0.717) is 13.1 Å². The van der Waals surface area contributed by atoms with Crippen LogP contribution in [0.1, 0.15) is 34.0 Å². The van der Waals surface area contributed by atoms with Gasteiger partial charge in [0.1, 0.15) is 5.69 Å². The van der Waals surface area contributed by atoms with Crippen LogP contribution in [0.5, 0.6) is 0 Å². The number of hydrogen-bond donors (Lipinski definition) is 0. The fourth-order valence-electron chi connectivity index (χ4n) is 2.47. The highest BCUT2D eigenvalue weighted by atomic mass is 16.6. The topological polar surface area (TPSA) is 59.6 Å². The quantitative estimate of drug-likeness (QED) is 0.683. The van der Waals surface area contributed by atoms with E-state index in [1.165, 1.54) is 0 Å². The van der Waals surface area contributed by atoms with E-state index in [-0.39, 0.29) is 0 Å². The lowest BCUT2D eigenvalue weighted by molar-refractivity contribution is -0.870. The van der Waals surface area contributed by atoms with Gasteiger partial charge in [-0.25, -0.2) is 4.98 Å². The largest absolute Gasteiger partial charge is 0.310 e. The minimum absolute atomic E-state index is 0.636. The van der Waals surface area contributed by atoms with Crippen LogP contribution in [0.25, 0.3) is 0 Å². The third-order valence-corrected chi connectivity index (χ3v) is 4.26. The zero-order valence-corrected chi connectivity index (χ0v) is 13.9. The summed E-state index contributed by atoms with van der Waals surface area (Å²) in [4.78, 5) is 8.61. The fraction of sp³-hybridized carbons (Fsp3) is 0.353. The Kier molecular flexibility index (Phi) is 4.14. The predicted molar refractivity (Wildman–Crippen MR) is 82.5 cm³/mol. The molecule has 0 saturated carbocycles. The van der Waals surface area contributed by atoms with E-state index in [4.69, 9.17) is 4.63 Å². The first-order chi connectivity index (χ1) is 11.1. The Labute approximate surface area is 135 Å². The highest BCUT2D eigenvalue weighted by molar-refractivity contribution is 5.16. The van der Waals surface area contributed by atoms with Gasteiger partial charge in [0.25, 0.3) is 0 Å². The molecule has 0 unspecified atom stereocenters. The second-order valence-corrected chi connectivity index (χ2v) is 5.72. The van der Waals surface area contributed by atoms with Crippen molar-refractivity contribution in [2.75, 3.05) is 0 Å². The van der Waals surface area contributed by atoms with Crippen LogP contribution in [0.3, 0.4) is 0 Å². The summed E-state index contributed by atoms with van der Waals surface area (Å²) >= 11 is 0. The first-order valence-electron chi connectivity index (χ1n) is 7.64. The molecule has 0 aromatic carbocycles. The molecule has 0 atom stereocenters. The maximum absolute atomic E-state index is 5.51. The van der Waals surface area contributed by atoms with Crippen molar-refractivity contribution in [3.8, 4) is 0 Å². The van der Waals surface area contributed by atoms with Crippen LogP contribution >= 0.6 is 0 Å². The summed E-state index contributed by atoms with van der Waals surface area (Å²) < 4.78 is 9.45. The average molecular weight is 311 g/mol. The number of hydrogen-bond acceptors (Lipinski definition) is 4. The molecular formula is C17H21N5O+2. The smallest absolute Gasteiger partial charge is 0.261 e. The van der Waals surface area contributed by atoms with E-state index in [2.05, 4.69) is 32.7 Å². The van der Waals surface area contributed by atoms with Crippen LogP contribution < -0.4 is 9.31 Å². The molecule has 6 nitrogen and oxygen atoms in total. The summed E-state index contributed by atoms with van der Waals surface area (Å²) in [5.41, 5.74) is 6.23. The predicted octanol–water partition coefficient (Wildman–Crippen LogP) is 1.37. The van der Waals surface area contributed by atoms with Crippen LogP contribution in [0.15, 0.2) is 35.4 Å². The maximum atomic E-state index is 5.51. The van der Waals surface area contributed by atoms with Crippen LogP contribution in [-0.4, -0.2) is 15.1 Å². The second-order valence-electron chi connectivity index (χ2n) is 5.72. The van der Waals surface area contributed by atoms with Gasteiger partial charge in [-0.2, -0.15) is 4.57 Å². The minimum atomic E-state index is 0.636. The molecule has 6 heteroatoms. The van der Waals surface area contributed by atoms with Gasteiger partial charge in [0.15, 0.2) is 29.3 Å². The number of pyridine rings is 1. The van der Waals surface area contributed by atoms with Crippen LogP contribution in [-0.2, 0) is 13.1 Å². The SMILES string of the molecule is Cc1ncccc1C[n+]1onc(C[n+]2ccnc(C)c2C)c1C. The Morgan fingerprint density at radius 3 is 2.52 bits per heavy atom. The summed E-state index contributed by atoms with van der Waals surface area (Å²) in [5.74, 6) is 0. The molecule has 3 aromatic rings. The Balaban J connectivity index is 1.85. The second kappa shape index (κ2) is 6.24. The van der Waals surface area contributed by atoms with Crippen molar-refractivity contribution in [1.29, 1.82) is 0 Å². The summed E-state index contributed by atoms with van der Waals surface area (Å²) in [5, 5.41) is 4.23. The Morgan fingerprint density at radius 1 is 0.957 bits per heavy atom. The van der Waals surface area contributed by atoms with E-state index < -0.39 is 0 Å². The van der Waals surface area contributed by atoms with Gasteiger partial charge in [0, 0.05) is 31.3 Å².